The van der Waals surface area contributed by atoms with Crippen LogP contribution < -0.4 is 10.6 Å². The molecule has 0 atom stereocenters. The van der Waals surface area contributed by atoms with Gasteiger partial charge in [-0.2, -0.15) is 0 Å². The maximum Gasteiger partial charge on any atom is 0.319 e. The number of benzene rings is 3. The molecule has 4 nitrogen and oxygen atoms in total. The summed E-state index contributed by atoms with van der Waals surface area (Å²) in [7, 11) is 0. The lowest BCUT2D eigenvalue weighted by Crippen LogP contribution is -2.30. The fourth-order valence-electron chi connectivity index (χ4n) is 3.52. The van der Waals surface area contributed by atoms with Crippen LogP contribution in [-0.4, -0.2) is 17.6 Å². The van der Waals surface area contributed by atoms with Crippen LogP contribution >= 0.6 is 0 Å². The third-order valence-electron chi connectivity index (χ3n) is 5.14. The van der Waals surface area contributed by atoms with Gasteiger partial charge in [0, 0.05) is 23.0 Å². The molecule has 4 aromatic rings. The molecule has 0 saturated carbocycles. The molecule has 4 heteroatoms. The number of H-pyrrole nitrogens is 1. The molecule has 29 heavy (non-hydrogen) atoms. The van der Waals surface area contributed by atoms with Crippen molar-refractivity contribution in [3.63, 3.8) is 0 Å². The maximum absolute atomic E-state index is 12.6. The predicted molar refractivity (Wildman–Crippen MR) is 120 cm³/mol. The standard InChI is InChI=1S/C25H25N3O/c1-2-18-12-14-20(15-13-18)23-24(21-10-6-7-11-22(21)27-23)28-25(29)26-17-16-19-8-4-3-5-9-19/h3-15,27H,2,16-17H2,1H3,(H2,26,28,29). The fraction of sp³-hybridized carbons (Fsp3) is 0.160. The minimum Gasteiger partial charge on any atom is -0.353 e. The summed E-state index contributed by atoms with van der Waals surface area (Å²) in [6, 6.07) is 26.4. The van der Waals surface area contributed by atoms with Crippen LogP contribution in [0.15, 0.2) is 78.9 Å². The number of aromatic amines is 1. The quantitative estimate of drug-likeness (QED) is 0.389. The molecule has 0 aliphatic heterocycles. The van der Waals surface area contributed by atoms with E-state index in [0.29, 0.717) is 6.54 Å². The van der Waals surface area contributed by atoms with Crippen LogP contribution in [0.1, 0.15) is 18.1 Å². The lowest BCUT2D eigenvalue weighted by atomic mass is 10.1. The highest BCUT2D eigenvalue weighted by Crippen LogP contribution is 2.35. The van der Waals surface area contributed by atoms with Crippen LogP contribution in [0.3, 0.4) is 0 Å². The van der Waals surface area contributed by atoms with Gasteiger partial charge in [0.25, 0.3) is 0 Å². The van der Waals surface area contributed by atoms with Gasteiger partial charge >= 0.3 is 6.03 Å². The summed E-state index contributed by atoms with van der Waals surface area (Å²) in [5.74, 6) is 0. The summed E-state index contributed by atoms with van der Waals surface area (Å²) in [5, 5.41) is 7.03. The molecule has 0 aliphatic rings. The number of nitrogens with one attached hydrogen (secondary N) is 3. The van der Waals surface area contributed by atoms with Crippen molar-refractivity contribution in [3.05, 3.63) is 90.0 Å². The zero-order valence-electron chi connectivity index (χ0n) is 16.5. The molecule has 0 saturated heterocycles. The number of carbonyl (C=O) groups is 1. The molecular formula is C25H25N3O. The molecular weight excluding hydrogens is 358 g/mol. The van der Waals surface area contributed by atoms with Crippen LogP contribution in [-0.2, 0) is 12.8 Å². The van der Waals surface area contributed by atoms with Crippen LogP contribution in [0.5, 0.6) is 0 Å². The Labute approximate surface area is 171 Å². The van der Waals surface area contributed by atoms with Crippen molar-refractivity contribution in [1.82, 2.24) is 10.3 Å². The molecule has 0 radical (unpaired) electrons. The number of rotatable bonds is 6. The Bertz CT molecular complexity index is 1100. The Hall–Kier alpha value is -3.53. The molecule has 3 N–H and O–H groups in total. The van der Waals surface area contributed by atoms with Gasteiger partial charge < -0.3 is 15.6 Å². The largest absolute Gasteiger partial charge is 0.353 e. The first-order valence-electron chi connectivity index (χ1n) is 10.0. The van der Waals surface area contributed by atoms with Gasteiger partial charge in [0.15, 0.2) is 0 Å². The Kier molecular flexibility index (Phi) is 5.61. The van der Waals surface area contributed by atoms with Crippen LogP contribution in [0, 0.1) is 0 Å². The van der Waals surface area contributed by atoms with Gasteiger partial charge in [0.05, 0.1) is 11.4 Å². The average molecular weight is 383 g/mol. The van der Waals surface area contributed by atoms with Gasteiger partial charge in [-0.1, -0.05) is 79.7 Å². The van der Waals surface area contributed by atoms with E-state index >= 15 is 0 Å². The van der Waals surface area contributed by atoms with E-state index in [9.17, 15) is 4.79 Å². The monoisotopic (exact) mass is 383 g/mol. The molecule has 0 fully saturated rings. The second-order valence-corrected chi connectivity index (χ2v) is 7.09. The van der Waals surface area contributed by atoms with E-state index in [4.69, 9.17) is 0 Å². The molecule has 0 spiro atoms. The van der Waals surface area contributed by atoms with Crippen LogP contribution in [0.25, 0.3) is 22.2 Å². The van der Waals surface area contributed by atoms with Crippen molar-refractivity contribution in [2.75, 3.05) is 11.9 Å². The highest BCUT2D eigenvalue weighted by Gasteiger charge is 2.15. The number of hydrogen-bond acceptors (Lipinski definition) is 1. The molecule has 2 amide bonds. The number of hydrogen-bond donors (Lipinski definition) is 3. The summed E-state index contributed by atoms with van der Waals surface area (Å²) in [6.07, 6.45) is 1.80. The molecule has 0 unspecified atom stereocenters. The number of para-hydroxylation sites is 1. The van der Waals surface area contributed by atoms with Gasteiger partial charge in [-0.3, -0.25) is 0 Å². The molecule has 3 aromatic carbocycles. The van der Waals surface area contributed by atoms with Crippen molar-refractivity contribution in [3.8, 4) is 11.3 Å². The molecule has 4 rings (SSSR count). The maximum atomic E-state index is 12.6. The van der Waals surface area contributed by atoms with Gasteiger partial charge in [-0.05, 0) is 30.0 Å². The summed E-state index contributed by atoms with van der Waals surface area (Å²) < 4.78 is 0. The highest BCUT2D eigenvalue weighted by atomic mass is 16.2. The Balaban J connectivity index is 1.54. The normalized spacial score (nSPS) is 10.8. The zero-order chi connectivity index (χ0) is 20.1. The molecule has 0 bridgehead atoms. The van der Waals surface area contributed by atoms with Gasteiger partial charge in [-0.25, -0.2) is 4.79 Å². The van der Waals surface area contributed by atoms with Crippen molar-refractivity contribution < 1.29 is 4.79 Å². The number of carbonyl (C=O) groups excluding carboxylic acids is 1. The Morgan fingerprint density at radius 1 is 0.862 bits per heavy atom. The third kappa shape index (κ3) is 4.32. The van der Waals surface area contributed by atoms with E-state index in [0.717, 1.165) is 40.7 Å². The number of aryl methyl sites for hydroxylation is 1. The second kappa shape index (κ2) is 8.65. The fourth-order valence-corrected chi connectivity index (χ4v) is 3.52. The number of urea groups is 1. The Morgan fingerprint density at radius 2 is 1.59 bits per heavy atom. The molecule has 1 heterocycles. The highest BCUT2D eigenvalue weighted by molar-refractivity contribution is 6.07. The lowest BCUT2D eigenvalue weighted by Gasteiger charge is -2.10. The third-order valence-corrected chi connectivity index (χ3v) is 5.14. The number of anilines is 1. The SMILES string of the molecule is CCc1ccc(-c2[nH]c3ccccc3c2NC(=O)NCCc2ccccc2)cc1. The topological polar surface area (TPSA) is 56.9 Å². The molecule has 0 aliphatic carbocycles. The number of aromatic nitrogens is 1. The number of amides is 2. The van der Waals surface area contributed by atoms with Gasteiger partial charge in [0.1, 0.15) is 0 Å². The van der Waals surface area contributed by atoms with E-state index in [2.05, 4.69) is 58.9 Å². The molecule has 1 aromatic heterocycles. The summed E-state index contributed by atoms with van der Waals surface area (Å²) >= 11 is 0. The van der Waals surface area contributed by atoms with Crippen molar-refractivity contribution in [2.24, 2.45) is 0 Å². The van der Waals surface area contributed by atoms with Crippen LogP contribution in [0.4, 0.5) is 10.5 Å². The molecule has 146 valence electrons. The van der Waals surface area contributed by atoms with Crippen molar-refractivity contribution in [1.29, 1.82) is 0 Å². The minimum atomic E-state index is -0.197. The smallest absolute Gasteiger partial charge is 0.319 e. The summed E-state index contributed by atoms with van der Waals surface area (Å²) in [6.45, 7) is 2.73. The minimum absolute atomic E-state index is 0.197. The van der Waals surface area contributed by atoms with Gasteiger partial charge in [-0.15, -0.1) is 0 Å². The summed E-state index contributed by atoms with van der Waals surface area (Å²) in [4.78, 5) is 16.1. The van der Waals surface area contributed by atoms with Crippen molar-refractivity contribution in [2.45, 2.75) is 19.8 Å². The first-order valence-corrected chi connectivity index (χ1v) is 10.0. The second-order valence-electron chi connectivity index (χ2n) is 7.09. The van der Waals surface area contributed by atoms with E-state index in [1.54, 1.807) is 0 Å². The number of fused-ring (bicyclic) bond motifs is 1. The first kappa shape index (κ1) is 18.8. The zero-order valence-corrected chi connectivity index (χ0v) is 16.5. The average Bonchev–Trinajstić information content (AvgIpc) is 3.13. The van der Waals surface area contributed by atoms with E-state index in [1.165, 1.54) is 11.1 Å². The lowest BCUT2D eigenvalue weighted by molar-refractivity contribution is 0.252. The van der Waals surface area contributed by atoms with Gasteiger partial charge in [0.2, 0.25) is 0 Å². The van der Waals surface area contributed by atoms with Crippen LogP contribution in [0.2, 0.25) is 0 Å². The first-order chi connectivity index (χ1) is 14.2. The summed E-state index contributed by atoms with van der Waals surface area (Å²) in [5.41, 5.74) is 6.28. The van der Waals surface area contributed by atoms with Crippen molar-refractivity contribution >= 4 is 22.6 Å². The van der Waals surface area contributed by atoms with E-state index in [-0.39, 0.29) is 6.03 Å². The van der Waals surface area contributed by atoms with E-state index in [1.807, 2.05) is 42.5 Å². The van der Waals surface area contributed by atoms with E-state index < -0.39 is 0 Å². The predicted octanol–water partition coefficient (Wildman–Crippen LogP) is 5.76. The Morgan fingerprint density at radius 3 is 2.34 bits per heavy atom.